The molecule has 0 atom stereocenters. The minimum absolute atomic E-state index is 0.0236. The molecule has 18 heavy (non-hydrogen) atoms. The van der Waals surface area contributed by atoms with Crippen LogP contribution in [0.3, 0.4) is 0 Å². The van der Waals surface area contributed by atoms with Crippen molar-refractivity contribution in [3.63, 3.8) is 0 Å². The van der Waals surface area contributed by atoms with Crippen LogP contribution in [0.1, 0.15) is 25.3 Å². The zero-order valence-corrected chi connectivity index (χ0v) is 10.5. The second kappa shape index (κ2) is 5.58. The Hall–Kier alpha value is -1.96. The second-order valence-electron chi connectivity index (χ2n) is 4.56. The van der Waals surface area contributed by atoms with Gasteiger partial charge in [0.05, 0.1) is 6.42 Å². The Labute approximate surface area is 107 Å². The van der Waals surface area contributed by atoms with E-state index in [1.54, 1.807) is 0 Å². The van der Waals surface area contributed by atoms with Crippen molar-refractivity contribution >= 4 is 22.3 Å². The Kier molecular flexibility index (Phi) is 3.88. The van der Waals surface area contributed by atoms with Gasteiger partial charge in [-0.1, -0.05) is 42.5 Å². The highest BCUT2D eigenvalue weighted by molar-refractivity contribution is 5.98. The fourth-order valence-electron chi connectivity index (χ4n) is 2.15. The Balaban J connectivity index is 2.12. The number of carbonyl (C=O) groups is 2. The van der Waals surface area contributed by atoms with Gasteiger partial charge in [0.2, 0.25) is 0 Å². The van der Waals surface area contributed by atoms with E-state index in [-0.39, 0.29) is 18.0 Å². The van der Waals surface area contributed by atoms with E-state index >= 15 is 0 Å². The quantitative estimate of drug-likeness (QED) is 0.751. The second-order valence-corrected chi connectivity index (χ2v) is 4.56. The van der Waals surface area contributed by atoms with E-state index in [1.165, 1.54) is 23.3 Å². The van der Waals surface area contributed by atoms with Gasteiger partial charge in [-0.3, -0.25) is 9.59 Å². The first-order valence-corrected chi connectivity index (χ1v) is 6.14. The van der Waals surface area contributed by atoms with E-state index in [0.717, 1.165) is 0 Å². The van der Waals surface area contributed by atoms with E-state index < -0.39 is 0 Å². The maximum absolute atomic E-state index is 11.5. The minimum Gasteiger partial charge on any atom is -0.300 e. The molecule has 0 N–H and O–H groups in total. The highest BCUT2D eigenvalue weighted by Gasteiger charge is 2.07. The topological polar surface area (TPSA) is 34.1 Å². The molecule has 0 unspecified atom stereocenters. The zero-order chi connectivity index (χ0) is 13.0. The number of hydrogen-bond acceptors (Lipinski definition) is 2. The standard InChI is InChI=1S/C16H16O2/c1-12(17)11-15(18)10-9-14-7-4-6-13-5-2-3-8-16(13)14/h2-8H,9-11H2,1H3. The lowest BCUT2D eigenvalue weighted by Gasteiger charge is -2.05. The summed E-state index contributed by atoms with van der Waals surface area (Å²) in [7, 11) is 0. The van der Waals surface area contributed by atoms with Crippen LogP contribution in [0.15, 0.2) is 42.5 Å². The average Bonchev–Trinajstić information content (AvgIpc) is 2.35. The molecule has 0 saturated heterocycles. The maximum Gasteiger partial charge on any atom is 0.140 e. The van der Waals surface area contributed by atoms with Gasteiger partial charge in [0, 0.05) is 6.42 Å². The van der Waals surface area contributed by atoms with Gasteiger partial charge < -0.3 is 0 Å². The molecule has 2 nitrogen and oxygen atoms in total. The predicted octanol–water partition coefficient (Wildman–Crippen LogP) is 3.32. The lowest BCUT2D eigenvalue weighted by Crippen LogP contribution is -2.05. The van der Waals surface area contributed by atoms with Crippen molar-refractivity contribution in [2.24, 2.45) is 0 Å². The minimum atomic E-state index is -0.0575. The largest absolute Gasteiger partial charge is 0.300 e. The Morgan fingerprint density at radius 3 is 2.50 bits per heavy atom. The summed E-state index contributed by atoms with van der Waals surface area (Å²) in [5, 5.41) is 2.38. The third-order valence-electron chi connectivity index (χ3n) is 3.00. The van der Waals surface area contributed by atoms with Crippen LogP contribution >= 0.6 is 0 Å². The van der Waals surface area contributed by atoms with Crippen molar-refractivity contribution < 1.29 is 9.59 Å². The van der Waals surface area contributed by atoms with Crippen molar-refractivity contribution in [1.29, 1.82) is 0 Å². The van der Waals surface area contributed by atoms with Crippen LogP contribution in [0, 0.1) is 0 Å². The van der Waals surface area contributed by atoms with Crippen molar-refractivity contribution in [2.45, 2.75) is 26.2 Å². The van der Waals surface area contributed by atoms with E-state index in [2.05, 4.69) is 18.2 Å². The van der Waals surface area contributed by atoms with Gasteiger partial charge in [-0.2, -0.15) is 0 Å². The molecule has 0 radical (unpaired) electrons. The summed E-state index contributed by atoms with van der Waals surface area (Å²) >= 11 is 0. The van der Waals surface area contributed by atoms with E-state index in [9.17, 15) is 9.59 Å². The first kappa shape index (κ1) is 12.5. The number of benzene rings is 2. The molecule has 0 fully saturated rings. The number of carbonyl (C=O) groups excluding carboxylic acids is 2. The van der Waals surface area contributed by atoms with E-state index in [1.807, 2.05) is 24.3 Å². The van der Waals surface area contributed by atoms with Crippen LogP contribution < -0.4 is 0 Å². The molecule has 0 bridgehead atoms. The SMILES string of the molecule is CC(=O)CC(=O)CCc1cccc2ccccc12. The average molecular weight is 240 g/mol. The maximum atomic E-state index is 11.5. The van der Waals surface area contributed by atoms with Gasteiger partial charge in [0.1, 0.15) is 11.6 Å². The number of fused-ring (bicyclic) bond motifs is 1. The fraction of sp³-hybridized carbons (Fsp3) is 0.250. The smallest absolute Gasteiger partial charge is 0.140 e. The van der Waals surface area contributed by atoms with Crippen molar-refractivity contribution in [1.82, 2.24) is 0 Å². The molecule has 0 aliphatic heterocycles. The molecule has 0 aliphatic rings. The Morgan fingerprint density at radius 1 is 1.00 bits per heavy atom. The lowest BCUT2D eigenvalue weighted by molar-refractivity contribution is -0.125. The predicted molar refractivity (Wildman–Crippen MR) is 72.6 cm³/mol. The summed E-state index contributed by atoms with van der Waals surface area (Å²) in [6.45, 7) is 1.45. The molecule has 0 aliphatic carbocycles. The number of Topliss-reactive ketones (excluding diaryl/α,β-unsaturated/α-hetero) is 2. The van der Waals surface area contributed by atoms with Crippen molar-refractivity contribution in [2.75, 3.05) is 0 Å². The zero-order valence-electron chi connectivity index (χ0n) is 10.5. The first-order chi connectivity index (χ1) is 8.66. The summed E-state index contributed by atoms with van der Waals surface area (Å²) in [5.41, 5.74) is 1.17. The summed E-state index contributed by atoms with van der Waals surface area (Å²) in [6, 6.07) is 14.3. The molecule has 0 amide bonds. The highest BCUT2D eigenvalue weighted by atomic mass is 16.1. The molecule has 2 aromatic rings. The van der Waals surface area contributed by atoms with Crippen LogP contribution in [0.2, 0.25) is 0 Å². The number of ketones is 2. The van der Waals surface area contributed by atoms with Crippen LogP contribution in [-0.4, -0.2) is 11.6 Å². The van der Waals surface area contributed by atoms with Crippen LogP contribution in [0.25, 0.3) is 10.8 Å². The first-order valence-electron chi connectivity index (χ1n) is 6.14. The van der Waals surface area contributed by atoms with Gasteiger partial charge in [-0.25, -0.2) is 0 Å². The van der Waals surface area contributed by atoms with Crippen molar-refractivity contribution in [3.05, 3.63) is 48.0 Å². The summed E-state index contributed by atoms with van der Waals surface area (Å²) in [4.78, 5) is 22.4. The Morgan fingerprint density at radius 2 is 1.72 bits per heavy atom. The molecule has 2 rings (SSSR count). The van der Waals surface area contributed by atoms with Gasteiger partial charge in [-0.15, -0.1) is 0 Å². The summed E-state index contributed by atoms with van der Waals surface area (Å²) in [5.74, 6) is -0.0339. The number of rotatable bonds is 5. The molecule has 0 heterocycles. The van der Waals surface area contributed by atoms with Gasteiger partial charge in [-0.05, 0) is 29.7 Å². The number of hydrogen-bond donors (Lipinski definition) is 0. The van der Waals surface area contributed by atoms with Crippen LogP contribution in [0.4, 0.5) is 0 Å². The van der Waals surface area contributed by atoms with E-state index in [0.29, 0.717) is 12.8 Å². The summed E-state index contributed by atoms with van der Waals surface area (Å²) < 4.78 is 0. The third-order valence-corrected chi connectivity index (χ3v) is 3.00. The molecule has 0 saturated carbocycles. The molecular formula is C16H16O2. The normalized spacial score (nSPS) is 10.5. The number of aryl methyl sites for hydroxylation is 1. The van der Waals surface area contributed by atoms with Gasteiger partial charge in [0.15, 0.2) is 0 Å². The van der Waals surface area contributed by atoms with Crippen molar-refractivity contribution in [3.8, 4) is 0 Å². The van der Waals surface area contributed by atoms with Gasteiger partial charge in [0.25, 0.3) is 0 Å². The van der Waals surface area contributed by atoms with Gasteiger partial charge >= 0.3 is 0 Å². The molecule has 92 valence electrons. The highest BCUT2D eigenvalue weighted by Crippen LogP contribution is 2.19. The van der Waals surface area contributed by atoms with Crippen LogP contribution in [0.5, 0.6) is 0 Å². The Bertz CT molecular complexity index is 579. The fourth-order valence-corrected chi connectivity index (χ4v) is 2.15. The molecule has 2 aromatic carbocycles. The summed E-state index contributed by atoms with van der Waals surface area (Å²) in [6.07, 6.45) is 1.20. The van der Waals surface area contributed by atoms with Crippen LogP contribution in [-0.2, 0) is 16.0 Å². The molecule has 2 heteroatoms. The lowest BCUT2D eigenvalue weighted by atomic mass is 9.99. The third kappa shape index (κ3) is 3.04. The molecule has 0 spiro atoms. The monoisotopic (exact) mass is 240 g/mol. The molecule has 0 aromatic heterocycles. The molecular weight excluding hydrogens is 224 g/mol. The van der Waals surface area contributed by atoms with E-state index in [4.69, 9.17) is 0 Å².